The maximum Gasteiger partial charge on any atom is 0.522 e. The molecule has 0 radical (unpaired) electrons. The third-order valence-electron chi connectivity index (χ3n) is 2.41. The quantitative estimate of drug-likeness (QED) is 0.523. The lowest BCUT2D eigenvalue weighted by Gasteiger charge is -2.26. The van der Waals surface area contributed by atoms with E-state index in [1.54, 1.807) is 0 Å². The van der Waals surface area contributed by atoms with E-state index >= 15 is 0 Å². The van der Waals surface area contributed by atoms with Crippen LogP contribution in [0.25, 0.3) is 0 Å². The number of alkyl halides is 4. The van der Waals surface area contributed by atoms with Gasteiger partial charge in [-0.15, -0.1) is 13.2 Å². The molecule has 0 spiro atoms. The second kappa shape index (κ2) is 5.53. The Morgan fingerprint density at radius 1 is 1.00 bits per heavy atom. The summed E-state index contributed by atoms with van der Waals surface area (Å²) in [6.07, 6.45) is 0.281. The van der Waals surface area contributed by atoms with Gasteiger partial charge in [0.2, 0.25) is 0 Å². The fraction of sp³-hybridized carbons (Fsp3) is 1.00. The van der Waals surface area contributed by atoms with Gasteiger partial charge in [-0.3, -0.25) is 4.74 Å². The number of halogens is 4. The first-order chi connectivity index (χ1) is 6.49. The van der Waals surface area contributed by atoms with Gasteiger partial charge in [0.25, 0.3) is 0 Å². The van der Waals surface area contributed by atoms with Gasteiger partial charge in [0.15, 0.2) is 0 Å². The standard InChI is InChI=1S/C9H14F3IO/c10-9(11,12)14-8-6-4-2-1-3-5-7(8)13/h7-8H,1-6H2/t7-,8-/m0/s1. The smallest absolute Gasteiger partial charge is 0.287 e. The zero-order valence-corrected chi connectivity index (χ0v) is 9.97. The van der Waals surface area contributed by atoms with Crippen LogP contribution in [-0.4, -0.2) is 16.4 Å². The first kappa shape index (κ1) is 12.5. The summed E-state index contributed by atoms with van der Waals surface area (Å²) in [5.74, 6) is 0. The molecule has 0 aromatic heterocycles. The van der Waals surface area contributed by atoms with Crippen LogP contribution in [0.5, 0.6) is 0 Å². The molecule has 0 amide bonds. The number of ether oxygens (including phenoxy) is 1. The topological polar surface area (TPSA) is 9.23 Å². The zero-order chi connectivity index (χ0) is 10.6. The summed E-state index contributed by atoms with van der Waals surface area (Å²) < 4.78 is 40.2. The average molecular weight is 322 g/mol. The van der Waals surface area contributed by atoms with Gasteiger partial charge in [-0.2, -0.15) is 0 Å². The molecule has 2 atom stereocenters. The highest BCUT2D eigenvalue weighted by Gasteiger charge is 2.36. The summed E-state index contributed by atoms with van der Waals surface area (Å²) >= 11 is 2.08. The Morgan fingerprint density at radius 2 is 1.57 bits per heavy atom. The first-order valence-electron chi connectivity index (χ1n) is 4.87. The van der Waals surface area contributed by atoms with Crippen LogP contribution in [-0.2, 0) is 4.74 Å². The van der Waals surface area contributed by atoms with Gasteiger partial charge in [-0.25, -0.2) is 0 Å². The van der Waals surface area contributed by atoms with Crippen LogP contribution < -0.4 is 0 Å². The molecule has 1 aliphatic rings. The predicted octanol–water partition coefficient (Wildman–Crippen LogP) is 4.05. The Balaban J connectivity index is 2.45. The minimum Gasteiger partial charge on any atom is -0.287 e. The van der Waals surface area contributed by atoms with Crippen LogP contribution >= 0.6 is 22.6 Å². The highest BCUT2D eigenvalue weighted by atomic mass is 127. The summed E-state index contributed by atoms with van der Waals surface area (Å²) in [7, 11) is 0. The summed E-state index contributed by atoms with van der Waals surface area (Å²) in [4.78, 5) is 0. The lowest BCUT2D eigenvalue weighted by molar-refractivity contribution is -0.342. The monoisotopic (exact) mass is 322 g/mol. The van der Waals surface area contributed by atoms with E-state index in [-0.39, 0.29) is 3.92 Å². The molecule has 0 saturated heterocycles. The summed E-state index contributed by atoms with van der Waals surface area (Å²) in [5.41, 5.74) is 0. The second-order valence-electron chi connectivity index (χ2n) is 3.61. The number of hydrogen-bond acceptors (Lipinski definition) is 1. The van der Waals surface area contributed by atoms with Crippen molar-refractivity contribution in [1.29, 1.82) is 0 Å². The van der Waals surface area contributed by atoms with Crippen molar-refractivity contribution in [3.63, 3.8) is 0 Å². The zero-order valence-electron chi connectivity index (χ0n) is 7.82. The maximum atomic E-state index is 12.0. The van der Waals surface area contributed by atoms with Gasteiger partial charge in [-0.1, -0.05) is 48.3 Å². The number of hydrogen-bond donors (Lipinski definition) is 0. The third kappa shape index (κ3) is 4.82. The van der Waals surface area contributed by atoms with Gasteiger partial charge >= 0.3 is 6.36 Å². The first-order valence-corrected chi connectivity index (χ1v) is 6.12. The predicted molar refractivity (Wildman–Crippen MR) is 56.4 cm³/mol. The fourth-order valence-electron chi connectivity index (χ4n) is 1.71. The Labute approximate surface area is 95.5 Å². The highest BCUT2D eigenvalue weighted by molar-refractivity contribution is 14.1. The molecule has 1 aliphatic carbocycles. The molecule has 0 N–H and O–H groups in total. The van der Waals surface area contributed by atoms with Crippen molar-refractivity contribution in [2.45, 2.75) is 54.9 Å². The van der Waals surface area contributed by atoms with Crippen LogP contribution in [0.1, 0.15) is 38.5 Å². The van der Waals surface area contributed by atoms with Crippen molar-refractivity contribution in [2.75, 3.05) is 0 Å². The van der Waals surface area contributed by atoms with Crippen LogP contribution in [0.4, 0.5) is 13.2 Å². The Kier molecular flexibility index (Phi) is 4.96. The van der Waals surface area contributed by atoms with Crippen molar-refractivity contribution >= 4 is 22.6 Å². The number of rotatable bonds is 1. The summed E-state index contributed by atoms with van der Waals surface area (Å²) in [6.45, 7) is 0. The molecule has 0 aromatic carbocycles. The molecule has 0 unspecified atom stereocenters. The Hall–Kier alpha value is 0.480. The Morgan fingerprint density at radius 3 is 2.14 bits per heavy atom. The molecule has 1 rings (SSSR count). The average Bonchev–Trinajstić information content (AvgIpc) is 2.03. The van der Waals surface area contributed by atoms with Crippen LogP contribution in [0.2, 0.25) is 0 Å². The summed E-state index contributed by atoms with van der Waals surface area (Å²) in [6, 6.07) is 0. The van der Waals surface area contributed by atoms with Crippen molar-refractivity contribution in [1.82, 2.24) is 0 Å². The lowest BCUT2D eigenvalue weighted by atomic mass is 9.98. The van der Waals surface area contributed by atoms with E-state index in [9.17, 15) is 13.2 Å². The molecule has 84 valence electrons. The van der Waals surface area contributed by atoms with E-state index in [2.05, 4.69) is 27.3 Å². The lowest BCUT2D eigenvalue weighted by Crippen LogP contribution is -2.31. The minimum atomic E-state index is -4.48. The van der Waals surface area contributed by atoms with Gasteiger partial charge in [0, 0.05) is 3.92 Å². The van der Waals surface area contributed by atoms with E-state index in [0.717, 1.165) is 32.1 Å². The molecule has 1 saturated carbocycles. The molecule has 0 aliphatic heterocycles. The van der Waals surface area contributed by atoms with Crippen molar-refractivity contribution in [3.8, 4) is 0 Å². The van der Waals surface area contributed by atoms with Crippen molar-refractivity contribution in [3.05, 3.63) is 0 Å². The molecular formula is C9H14F3IO. The van der Waals surface area contributed by atoms with E-state index < -0.39 is 12.5 Å². The van der Waals surface area contributed by atoms with Gasteiger partial charge < -0.3 is 0 Å². The molecule has 1 fully saturated rings. The molecule has 0 aromatic rings. The van der Waals surface area contributed by atoms with Gasteiger partial charge in [0.1, 0.15) is 0 Å². The molecule has 0 heterocycles. The molecular weight excluding hydrogens is 308 g/mol. The molecule has 0 bridgehead atoms. The largest absolute Gasteiger partial charge is 0.522 e. The van der Waals surface area contributed by atoms with Crippen molar-refractivity contribution < 1.29 is 17.9 Å². The van der Waals surface area contributed by atoms with E-state index in [1.165, 1.54) is 0 Å². The van der Waals surface area contributed by atoms with Crippen LogP contribution in [0.3, 0.4) is 0 Å². The van der Waals surface area contributed by atoms with Gasteiger partial charge in [0.05, 0.1) is 6.10 Å². The molecule has 5 heteroatoms. The molecule has 14 heavy (non-hydrogen) atoms. The SMILES string of the molecule is FC(F)(F)O[C@H]1CCCCCC[C@@H]1I. The van der Waals surface area contributed by atoms with E-state index in [1.807, 2.05) is 0 Å². The van der Waals surface area contributed by atoms with Crippen molar-refractivity contribution in [2.24, 2.45) is 0 Å². The van der Waals surface area contributed by atoms with Crippen LogP contribution in [0, 0.1) is 0 Å². The minimum absolute atomic E-state index is 0.00507. The fourth-order valence-corrected chi connectivity index (χ4v) is 2.66. The second-order valence-corrected chi connectivity index (χ2v) is 5.21. The maximum absolute atomic E-state index is 12.0. The highest BCUT2D eigenvalue weighted by Crippen LogP contribution is 2.30. The summed E-state index contributed by atoms with van der Waals surface area (Å²) in [5, 5.41) is 0. The molecule has 1 nitrogen and oxygen atoms in total. The Bertz CT molecular complexity index is 172. The van der Waals surface area contributed by atoms with E-state index in [4.69, 9.17) is 0 Å². The van der Waals surface area contributed by atoms with Gasteiger partial charge in [-0.05, 0) is 12.8 Å². The normalized spacial score (nSPS) is 30.9. The third-order valence-corrected chi connectivity index (χ3v) is 3.83. The van der Waals surface area contributed by atoms with Crippen LogP contribution in [0.15, 0.2) is 0 Å². The van der Waals surface area contributed by atoms with E-state index in [0.29, 0.717) is 6.42 Å².